The number of nitrogens with zero attached hydrogens (tertiary/aromatic N) is 1. The van der Waals surface area contributed by atoms with Crippen molar-refractivity contribution in [3.8, 4) is 11.1 Å². The number of nitrogen functional groups attached to an aromatic ring is 2. The third-order valence-corrected chi connectivity index (χ3v) is 4.24. The van der Waals surface area contributed by atoms with E-state index in [0.717, 1.165) is 42.1 Å². The lowest BCUT2D eigenvalue weighted by atomic mass is 10.1. The molecular formula is C15H21N3S. The Morgan fingerprint density at radius 2 is 1.84 bits per heavy atom. The Kier molecular flexibility index (Phi) is 4.45. The molecule has 4 N–H and O–H groups in total. The molecule has 0 saturated heterocycles. The standard InChI is InChI=1S/C15H21N3S/c1-3-18(4-2)9-13-7-11(10-19-13)14-8-12(16)5-6-15(14)17/h5-8,10H,3-4,9,16-17H2,1-2H3. The van der Waals surface area contributed by atoms with E-state index in [1.54, 1.807) is 11.3 Å². The van der Waals surface area contributed by atoms with Gasteiger partial charge < -0.3 is 11.5 Å². The van der Waals surface area contributed by atoms with Crippen molar-refractivity contribution in [1.29, 1.82) is 0 Å². The van der Waals surface area contributed by atoms with E-state index in [0.29, 0.717) is 0 Å². The summed E-state index contributed by atoms with van der Waals surface area (Å²) in [6.07, 6.45) is 0. The summed E-state index contributed by atoms with van der Waals surface area (Å²) in [5.41, 5.74) is 15.6. The van der Waals surface area contributed by atoms with Gasteiger partial charge in [-0.1, -0.05) is 13.8 Å². The molecule has 0 aliphatic rings. The maximum absolute atomic E-state index is 6.02. The third-order valence-electron chi connectivity index (χ3n) is 3.32. The minimum absolute atomic E-state index is 0.751. The average molecular weight is 275 g/mol. The SMILES string of the molecule is CCN(CC)Cc1cc(-c2cc(N)ccc2N)cs1. The molecule has 0 saturated carbocycles. The molecule has 0 spiro atoms. The highest BCUT2D eigenvalue weighted by molar-refractivity contribution is 7.10. The molecule has 1 heterocycles. The molecule has 2 rings (SSSR count). The number of anilines is 2. The van der Waals surface area contributed by atoms with Crippen LogP contribution in [-0.4, -0.2) is 18.0 Å². The molecule has 4 heteroatoms. The summed E-state index contributed by atoms with van der Waals surface area (Å²) in [6.45, 7) is 7.52. The van der Waals surface area contributed by atoms with Crippen molar-refractivity contribution < 1.29 is 0 Å². The van der Waals surface area contributed by atoms with E-state index in [2.05, 4.69) is 30.2 Å². The fraction of sp³-hybridized carbons (Fsp3) is 0.333. The highest BCUT2D eigenvalue weighted by Gasteiger charge is 2.08. The zero-order valence-corrected chi connectivity index (χ0v) is 12.3. The van der Waals surface area contributed by atoms with E-state index in [1.165, 1.54) is 4.88 Å². The molecule has 0 unspecified atom stereocenters. The molecule has 3 nitrogen and oxygen atoms in total. The van der Waals surface area contributed by atoms with Gasteiger partial charge in [0.2, 0.25) is 0 Å². The number of hydrogen-bond acceptors (Lipinski definition) is 4. The number of benzene rings is 1. The Morgan fingerprint density at radius 1 is 1.11 bits per heavy atom. The number of hydrogen-bond donors (Lipinski definition) is 2. The summed E-state index contributed by atoms with van der Waals surface area (Å²) < 4.78 is 0. The maximum atomic E-state index is 6.02. The van der Waals surface area contributed by atoms with Crippen LogP contribution in [-0.2, 0) is 6.54 Å². The largest absolute Gasteiger partial charge is 0.399 e. The highest BCUT2D eigenvalue weighted by Crippen LogP contribution is 2.32. The van der Waals surface area contributed by atoms with Crippen LogP contribution in [0, 0.1) is 0 Å². The molecular weight excluding hydrogens is 254 g/mol. The van der Waals surface area contributed by atoms with E-state index < -0.39 is 0 Å². The summed E-state index contributed by atoms with van der Waals surface area (Å²) in [6, 6.07) is 7.86. The minimum atomic E-state index is 0.751. The normalized spacial score (nSPS) is 11.1. The van der Waals surface area contributed by atoms with Gasteiger partial charge in [0.25, 0.3) is 0 Å². The van der Waals surface area contributed by atoms with Crippen molar-refractivity contribution >= 4 is 22.7 Å². The molecule has 0 bridgehead atoms. The van der Waals surface area contributed by atoms with Crippen LogP contribution in [0.3, 0.4) is 0 Å². The van der Waals surface area contributed by atoms with Gasteiger partial charge in [-0.15, -0.1) is 11.3 Å². The van der Waals surface area contributed by atoms with Gasteiger partial charge in [0, 0.05) is 28.4 Å². The van der Waals surface area contributed by atoms with Gasteiger partial charge in [-0.2, -0.15) is 0 Å². The first-order valence-electron chi connectivity index (χ1n) is 6.59. The second-order valence-corrected chi connectivity index (χ2v) is 5.61. The van der Waals surface area contributed by atoms with Crippen LogP contribution in [0.15, 0.2) is 29.6 Å². The number of thiophene rings is 1. The summed E-state index contributed by atoms with van der Waals surface area (Å²) >= 11 is 1.78. The molecule has 0 aliphatic carbocycles. The van der Waals surface area contributed by atoms with E-state index in [4.69, 9.17) is 11.5 Å². The molecule has 19 heavy (non-hydrogen) atoms. The zero-order chi connectivity index (χ0) is 13.8. The monoisotopic (exact) mass is 275 g/mol. The Bertz CT molecular complexity index is 544. The zero-order valence-electron chi connectivity index (χ0n) is 11.5. The van der Waals surface area contributed by atoms with E-state index in [-0.39, 0.29) is 0 Å². The Labute approximate surface area is 118 Å². The molecule has 0 amide bonds. The van der Waals surface area contributed by atoms with Crippen LogP contribution in [0.4, 0.5) is 11.4 Å². The summed E-state index contributed by atoms with van der Waals surface area (Å²) in [5.74, 6) is 0. The van der Waals surface area contributed by atoms with Crippen molar-refractivity contribution in [2.45, 2.75) is 20.4 Å². The van der Waals surface area contributed by atoms with Gasteiger partial charge in [-0.05, 0) is 48.3 Å². The molecule has 0 atom stereocenters. The minimum Gasteiger partial charge on any atom is -0.399 e. The summed E-state index contributed by atoms with van der Waals surface area (Å²) in [7, 11) is 0. The molecule has 1 aromatic heterocycles. The van der Waals surface area contributed by atoms with E-state index in [1.807, 2.05) is 18.2 Å². The fourth-order valence-electron chi connectivity index (χ4n) is 2.10. The molecule has 102 valence electrons. The van der Waals surface area contributed by atoms with Crippen molar-refractivity contribution in [2.24, 2.45) is 0 Å². The lowest BCUT2D eigenvalue weighted by Crippen LogP contribution is -2.21. The van der Waals surface area contributed by atoms with Crippen molar-refractivity contribution in [3.63, 3.8) is 0 Å². The highest BCUT2D eigenvalue weighted by atomic mass is 32.1. The van der Waals surface area contributed by atoms with E-state index in [9.17, 15) is 0 Å². The van der Waals surface area contributed by atoms with Gasteiger partial charge in [0.05, 0.1) is 0 Å². The van der Waals surface area contributed by atoms with Crippen molar-refractivity contribution in [1.82, 2.24) is 4.90 Å². The molecule has 0 aliphatic heterocycles. The number of rotatable bonds is 5. The Balaban J connectivity index is 2.23. The predicted octanol–water partition coefficient (Wildman–Crippen LogP) is 3.42. The van der Waals surface area contributed by atoms with Gasteiger partial charge in [-0.25, -0.2) is 0 Å². The lowest BCUT2D eigenvalue weighted by Gasteiger charge is -2.16. The quantitative estimate of drug-likeness (QED) is 0.822. The molecule has 0 fully saturated rings. The van der Waals surface area contributed by atoms with Gasteiger partial charge in [-0.3, -0.25) is 4.90 Å². The van der Waals surface area contributed by atoms with Gasteiger partial charge >= 0.3 is 0 Å². The summed E-state index contributed by atoms with van der Waals surface area (Å²) in [4.78, 5) is 3.76. The van der Waals surface area contributed by atoms with Crippen LogP contribution in [0.25, 0.3) is 11.1 Å². The Hall–Kier alpha value is -1.52. The summed E-state index contributed by atoms with van der Waals surface area (Å²) in [5, 5.41) is 2.16. The second kappa shape index (κ2) is 6.08. The van der Waals surface area contributed by atoms with Crippen LogP contribution >= 0.6 is 11.3 Å². The molecule has 0 radical (unpaired) electrons. The Morgan fingerprint density at radius 3 is 2.53 bits per heavy atom. The first-order valence-corrected chi connectivity index (χ1v) is 7.47. The van der Waals surface area contributed by atoms with Crippen molar-refractivity contribution in [3.05, 3.63) is 34.5 Å². The van der Waals surface area contributed by atoms with Crippen molar-refractivity contribution in [2.75, 3.05) is 24.6 Å². The number of nitrogens with two attached hydrogens (primary N) is 2. The smallest absolute Gasteiger partial charge is 0.0395 e. The first kappa shape index (κ1) is 13.9. The second-order valence-electron chi connectivity index (χ2n) is 4.61. The molecule has 1 aromatic carbocycles. The lowest BCUT2D eigenvalue weighted by molar-refractivity contribution is 0.298. The molecule has 2 aromatic rings. The maximum Gasteiger partial charge on any atom is 0.0395 e. The average Bonchev–Trinajstić information content (AvgIpc) is 2.87. The van der Waals surface area contributed by atoms with Crippen LogP contribution in [0.2, 0.25) is 0 Å². The fourth-order valence-corrected chi connectivity index (χ4v) is 3.02. The topological polar surface area (TPSA) is 55.3 Å². The van der Waals surface area contributed by atoms with E-state index >= 15 is 0 Å². The predicted molar refractivity (Wildman–Crippen MR) is 85.2 cm³/mol. The van der Waals surface area contributed by atoms with Crippen LogP contribution < -0.4 is 11.5 Å². The van der Waals surface area contributed by atoms with Crippen LogP contribution in [0.1, 0.15) is 18.7 Å². The first-order chi connectivity index (χ1) is 9.13. The van der Waals surface area contributed by atoms with Gasteiger partial charge in [0.15, 0.2) is 0 Å². The third kappa shape index (κ3) is 3.28. The van der Waals surface area contributed by atoms with Gasteiger partial charge in [0.1, 0.15) is 0 Å². The van der Waals surface area contributed by atoms with Crippen LogP contribution in [0.5, 0.6) is 0 Å².